The van der Waals surface area contributed by atoms with Crippen LogP contribution >= 0.6 is 27.5 Å². The van der Waals surface area contributed by atoms with E-state index in [-0.39, 0.29) is 0 Å². The maximum absolute atomic E-state index is 6.27. The Balaban J connectivity index is 1.88. The first kappa shape index (κ1) is 13.4. The standard InChI is InChI=1S/C16H12BrClN2/c17-14-8-6-12(7-9-14)11-20-16(18)10-15(19-20)13-4-2-1-3-5-13/h1-10H,11H2. The van der Waals surface area contributed by atoms with Gasteiger partial charge in [0.05, 0.1) is 12.2 Å². The van der Waals surface area contributed by atoms with Gasteiger partial charge in [-0.2, -0.15) is 5.10 Å². The molecule has 1 aromatic heterocycles. The Morgan fingerprint density at radius 2 is 1.70 bits per heavy atom. The molecule has 0 bridgehead atoms. The van der Waals surface area contributed by atoms with Crippen molar-refractivity contribution in [3.63, 3.8) is 0 Å². The second-order valence-electron chi connectivity index (χ2n) is 4.50. The minimum Gasteiger partial charge on any atom is -0.249 e. The monoisotopic (exact) mass is 346 g/mol. The highest BCUT2D eigenvalue weighted by Gasteiger charge is 2.08. The zero-order chi connectivity index (χ0) is 13.9. The molecule has 0 aliphatic heterocycles. The number of hydrogen-bond donors (Lipinski definition) is 0. The molecule has 0 spiro atoms. The van der Waals surface area contributed by atoms with Crippen molar-refractivity contribution in [2.24, 2.45) is 0 Å². The number of halogens is 2. The van der Waals surface area contributed by atoms with Crippen LogP contribution in [0.3, 0.4) is 0 Å². The molecule has 0 aliphatic carbocycles. The van der Waals surface area contributed by atoms with Gasteiger partial charge in [0, 0.05) is 16.1 Å². The van der Waals surface area contributed by atoms with Gasteiger partial charge in [-0.1, -0.05) is 70.0 Å². The zero-order valence-corrected chi connectivity index (χ0v) is 13.0. The van der Waals surface area contributed by atoms with Crippen LogP contribution in [-0.2, 0) is 6.54 Å². The van der Waals surface area contributed by atoms with Crippen LogP contribution < -0.4 is 0 Å². The van der Waals surface area contributed by atoms with E-state index in [1.807, 2.05) is 53.2 Å². The van der Waals surface area contributed by atoms with E-state index in [9.17, 15) is 0 Å². The third-order valence-electron chi connectivity index (χ3n) is 3.05. The van der Waals surface area contributed by atoms with Crippen LogP contribution in [0.15, 0.2) is 65.1 Å². The Labute approximate surface area is 131 Å². The van der Waals surface area contributed by atoms with Crippen LogP contribution in [0.25, 0.3) is 11.3 Å². The summed E-state index contributed by atoms with van der Waals surface area (Å²) in [5, 5.41) is 5.22. The van der Waals surface area contributed by atoms with E-state index < -0.39 is 0 Å². The lowest BCUT2D eigenvalue weighted by Gasteiger charge is -2.03. The third kappa shape index (κ3) is 2.94. The van der Waals surface area contributed by atoms with Crippen molar-refractivity contribution in [2.75, 3.05) is 0 Å². The molecule has 0 N–H and O–H groups in total. The highest BCUT2D eigenvalue weighted by Crippen LogP contribution is 2.22. The van der Waals surface area contributed by atoms with Gasteiger partial charge in [0.2, 0.25) is 0 Å². The Hall–Kier alpha value is -1.58. The smallest absolute Gasteiger partial charge is 0.128 e. The SMILES string of the molecule is Clc1cc(-c2ccccc2)nn1Cc1ccc(Br)cc1. The number of rotatable bonds is 3. The number of aromatic nitrogens is 2. The molecule has 0 amide bonds. The molecule has 0 fully saturated rings. The second-order valence-corrected chi connectivity index (χ2v) is 5.81. The van der Waals surface area contributed by atoms with Crippen molar-refractivity contribution < 1.29 is 0 Å². The molecule has 1 heterocycles. The first-order chi connectivity index (χ1) is 9.72. The van der Waals surface area contributed by atoms with Gasteiger partial charge in [-0.15, -0.1) is 0 Å². The number of nitrogens with zero attached hydrogens (tertiary/aromatic N) is 2. The molecule has 0 saturated carbocycles. The second kappa shape index (κ2) is 5.81. The summed E-state index contributed by atoms with van der Waals surface area (Å²) in [7, 11) is 0. The minimum atomic E-state index is 0.645. The third-order valence-corrected chi connectivity index (χ3v) is 3.88. The molecular weight excluding hydrogens is 336 g/mol. The van der Waals surface area contributed by atoms with Crippen molar-refractivity contribution in [3.8, 4) is 11.3 Å². The van der Waals surface area contributed by atoms with Crippen LogP contribution in [0.4, 0.5) is 0 Å². The number of hydrogen-bond acceptors (Lipinski definition) is 1. The molecule has 100 valence electrons. The molecule has 0 atom stereocenters. The summed E-state index contributed by atoms with van der Waals surface area (Å²) in [6.45, 7) is 0.666. The van der Waals surface area contributed by atoms with Crippen molar-refractivity contribution in [1.82, 2.24) is 9.78 Å². The van der Waals surface area contributed by atoms with E-state index in [1.54, 1.807) is 0 Å². The van der Waals surface area contributed by atoms with Gasteiger partial charge in [-0.3, -0.25) is 0 Å². The Bertz CT molecular complexity index is 705. The highest BCUT2D eigenvalue weighted by molar-refractivity contribution is 9.10. The predicted molar refractivity (Wildman–Crippen MR) is 85.9 cm³/mol. The fourth-order valence-electron chi connectivity index (χ4n) is 2.02. The van der Waals surface area contributed by atoms with Gasteiger partial charge >= 0.3 is 0 Å². The quantitative estimate of drug-likeness (QED) is 0.651. The maximum Gasteiger partial charge on any atom is 0.128 e. The molecule has 4 heteroatoms. The Morgan fingerprint density at radius 3 is 2.40 bits per heavy atom. The fourth-order valence-corrected chi connectivity index (χ4v) is 2.48. The van der Waals surface area contributed by atoms with Gasteiger partial charge in [0.15, 0.2) is 0 Å². The van der Waals surface area contributed by atoms with Crippen LogP contribution in [0.1, 0.15) is 5.56 Å². The summed E-state index contributed by atoms with van der Waals surface area (Å²) in [6.07, 6.45) is 0. The summed E-state index contributed by atoms with van der Waals surface area (Å²) >= 11 is 9.70. The van der Waals surface area contributed by atoms with Crippen molar-refractivity contribution in [1.29, 1.82) is 0 Å². The van der Waals surface area contributed by atoms with Crippen LogP contribution in [-0.4, -0.2) is 9.78 Å². The molecule has 20 heavy (non-hydrogen) atoms. The molecule has 3 rings (SSSR count). The first-order valence-electron chi connectivity index (χ1n) is 6.25. The summed E-state index contributed by atoms with van der Waals surface area (Å²) < 4.78 is 2.88. The van der Waals surface area contributed by atoms with Gasteiger partial charge in [0.1, 0.15) is 5.15 Å². The van der Waals surface area contributed by atoms with Gasteiger partial charge in [-0.25, -0.2) is 4.68 Å². The highest BCUT2D eigenvalue weighted by atomic mass is 79.9. The van der Waals surface area contributed by atoms with Crippen LogP contribution in [0.5, 0.6) is 0 Å². The molecule has 3 aromatic rings. The summed E-state index contributed by atoms with van der Waals surface area (Å²) in [6, 6.07) is 20.1. The van der Waals surface area contributed by atoms with E-state index in [4.69, 9.17) is 11.6 Å². The lowest BCUT2D eigenvalue weighted by molar-refractivity contribution is 0.690. The maximum atomic E-state index is 6.27. The predicted octanol–water partition coefficient (Wildman–Crippen LogP) is 5.01. The summed E-state index contributed by atoms with van der Waals surface area (Å²) in [4.78, 5) is 0. The van der Waals surface area contributed by atoms with E-state index in [0.717, 1.165) is 21.3 Å². The zero-order valence-electron chi connectivity index (χ0n) is 10.6. The average molecular weight is 348 g/mol. The van der Waals surface area contributed by atoms with Gasteiger partial charge in [0.25, 0.3) is 0 Å². The van der Waals surface area contributed by atoms with Crippen LogP contribution in [0.2, 0.25) is 5.15 Å². The molecular formula is C16H12BrClN2. The molecule has 0 saturated heterocycles. The Morgan fingerprint density at radius 1 is 1.00 bits per heavy atom. The Kier molecular flexibility index (Phi) is 3.90. The molecule has 0 radical (unpaired) electrons. The van der Waals surface area contributed by atoms with Gasteiger partial charge in [-0.05, 0) is 17.7 Å². The fraction of sp³-hybridized carbons (Fsp3) is 0.0625. The van der Waals surface area contributed by atoms with Crippen LogP contribution in [0, 0.1) is 0 Å². The van der Waals surface area contributed by atoms with E-state index in [0.29, 0.717) is 11.7 Å². The van der Waals surface area contributed by atoms with E-state index in [2.05, 4.69) is 33.2 Å². The van der Waals surface area contributed by atoms with E-state index >= 15 is 0 Å². The van der Waals surface area contributed by atoms with Gasteiger partial charge < -0.3 is 0 Å². The van der Waals surface area contributed by atoms with E-state index in [1.165, 1.54) is 0 Å². The molecule has 2 aromatic carbocycles. The summed E-state index contributed by atoms with van der Waals surface area (Å²) in [5.41, 5.74) is 3.13. The molecule has 0 unspecified atom stereocenters. The summed E-state index contributed by atoms with van der Waals surface area (Å²) in [5.74, 6) is 0. The lowest BCUT2D eigenvalue weighted by atomic mass is 10.2. The van der Waals surface area contributed by atoms with Crippen molar-refractivity contribution in [2.45, 2.75) is 6.54 Å². The molecule has 2 nitrogen and oxygen atoms in total. The molecule has 0 aliphatic rings. The topological polar surface area (TPSA) is 17.8 Å². The largest absolute Gasteiger partial charge is 0.249 e. The first-order valence-corrected chi connectivity index (χ1v) is 7.43. The normalized spacial score (nSPS) is 10.7. The minimum absolute atomic E-state index is 0.645. The lowest BCUT2D eigenvalue weighted by Crippen LogP contribution is -2.01. The average Bonchev–Trinajstić information content (AvgIpc) is 2.84. The number of benzene rings is 2. The van der Waals surface area contributed by atoms with Crippen molar-refractivity contribution in [3.05, 3.63) is 75.9 Å². The van der Waals surface area contributed by atoms with Crippen molar-refractivity contribution >= 4 is 27.5 Å².